The molecule has 0 amide bonds. The highest BCUT2D eigenvalue weighted by atomic mass is 16.5. The molecule has 0 aliphatic carbocycles. The van der Waals surface area contributed by atoms with Crippen LogP contribution < -0.4 is 0 Å². The number of hydrogen-bond donors (Lipinski definition) is 0. The van der Waals surface area contributed by atoms with Crippen molar-refractivity contribution in [1.82, 2.24) is 0 Å². The van der Waals surface area contributed by atoms with Crippen molar-refractivity contribution in [3.05, 3.63) is 35.9 Å². The second kappa shape index (κ2) is 9.23. The number of hydrogen-bond acceptors (Lipinski definition) is 1. The molecule has 1 aromatic carbocycles. The van der Waals surface area contributed by atoms with E-state index in [1.54, 1.807) is 0 Å². The fourth-order valence-electron chi connectivity index (χ4n) is 1.98. The highest BCUT2D eigenvalue weighted by Crippen LogP contribution is 2.13. The van der Waals surface area contributed by atoms with E-state index in [9.17, 15) is 0 Å². The molecule has 1 rings (SSSR count). The first-order valence-corrected chi connectivity index (χ1v) is 6.98. The summed E-state index contributed by atoms with van der Waals surface area (Å²) in [5, 5.41) is 0. The van der Waals surface area contributed by atoms with Crippen LogP contribution in [0.4, 0.5) is 0 Å². The number of ether oxygens (including phenoxy) is 1. The van der Waals surface area contributed by atoms with Crippen molar-refractivity contribution in [2.75, 3.05) is 13.2 Å². The third-order valence-electron chi connectivity index (χ3n) is 3.27. The summed E-state index contributed by atoms with van der Waals surface area (Å²) in [4.78, 5) is 0. The molecule has 17 heavy (non-hydrogen) atoms. The van der Waals surface area contributed by atoms with Gasteiger partial charge in [0, 0.05) is 6.61 Å². The number of rotatable bonds is 9. The van der Waals surface area contributed by atoms with Gasteiger partial charge in [-0.3, -0.25) is 0 Å². The lowest BCUT2D eigenvalue weighted by molar-refractivity contribution is 0.0963. The largest absolute Gasteiger partial charge is 0.381 e. The van der Waals surface area contributed by atoms with Crippen LogP contribution in [-0.4, -0.2) is 13.2 Å². The van der Waals surface area contributed by atoms with Crippen LogP contribution >= 0.6 is 0 Å². The van der Waals surface area contributed by atoms with Gasteiger partial charge >= 0.3 is 0 Å². The fourth-order valence-corrected chi connectivity index (χ4v) is 1.98. The summed E-state index contributed by atoms with van der Waals surface area (Å²) >= 11 is 0. The smallest absolute Gasteiger partial charge is 0.0506 e. The zero-order valence-corrected chi connectivity index (χ0v) is 11.3. The van der Waals surface area contributed by atoms with Crippen LogP contribution in [-0.2, 0) is 11.2 Å². The molecule has 1 heteroatoms. The van der Waals surface area contributed by atoms with Crippen molar-refractivity contribution in [3.8, 4) is 0 Å². The van der Waals surface area contributed by atoms with E-state index in [0.29, 0.717) is 0 Å². The predicted molar refractivity (Wildman–Crippen MR) is 74.3 cm³/mol. The molecule has 0 N–H and O–H groups in total. The average molecular weight is 234 g/mol. The van der Waals surface area contributed by atoms with Crippen molar-refractivity contribution in [1.29, 1.82) is 0 Å². The molecular weight excluding hydrogens is 208 g/mol. The van der Waals surface area contributed by atoms with Crippen LogP contribution in [0.2, 0.25) is 0 Å². The summed E-state index contributed by atoms with van der Waals surface area (Å²) in [5.74, 6) is 0.755. The van der Waals surface area contributed by atoms with Crippen molar-refractivity contribution in [2.45, 2.75) is 46.0 Å². The Labute approximate surface area is 106 Å². The standard InChI is InChI=1S/C16H26O/c1-3-5-9-15(4-2)14-17-13-12-16-10-7-6-8-11-16/h6-8,10-11,15H,3-5,9,12-14H2,1-2H3. The van der Waals surface area contributed by atoms with Crippen molar-refractivity contribution >= 4 is 0 Å². The van der Waals surface area contributed by atoms with Crippen LogP contribution in [0.1, 0.15) is 45.1 Å². The topological polar surface area (TPSA) is 9.23 Å². The monoisotopic (exact) mass is 234 g/mol. The Morgan fingerprint density at radius 3 is 2.53 bits per heavy atom. The second-order valence-electron chi connectivity index (χ2n) is 4.73. The molecule has 1 nitrogen and oxygen atoms in total. The predicted octanol–water partition coefficient (Wildman–Crippen LogP) is 4.46. The van der Waals surface area contributed by atoms with Gasteiger partial charge in [0.05, 0.1) is 6.61 Å². The molecule has 96 valence electrons. The van der Waals surface area contributed by atoms with Gasteiger partial charge in [-0.1, -0.05) is 63.4 Å². The van der Waals surface area contributed by atoms with E-state index < -0.39 is 0 Å². The van der Waals surface area contributed by atoms with Crippen molar-refractivity contribution in [2.24, 2.45) is 5.92 Å². The zero-order chi connectivity index (χ0) is 12.3. The second-order valence-corrected chi connectivity index (χ2v) is 4.73. The Hall–Kier alpha value is -0.820. The van der Waals surface area contributed by atoms with Crippen LogP contribution in [0.25, 0.3) is 0 Å². The van der Waals surface area contributed by atoms with Gasteiger partial charge in [0.1, 0.15) is 0 Å². The maximum Gasteiger partial charge on any atom is 0.0506 e. The first kappa shape index (κ1) is 14.2. The van der Waals surface area contributed by atoms with Crippen LogP contribution in [0.3, 0.4) is 0 Å². The van der Waals surface area contributed by atoms with Crippen molar-refractivity contribution in [3.63, 3.8) is 0 Å². The number of unbranched alkanes of at least 4 members (excludes halogenated alkanes) is 1. The van der Waals surface area contributed by atoms with Gasteiger partial charge in [-0.15, -0.1) is 0 Å². The maximum atomic E-state index is 5.79. The van der Waals surface area contributed by atoms with Crippen LogP contribution in [0, 0.1) is 5.92 Å². The van der Waals surface area contributed by atoms with Gasteiger partial charge in [0.15, 0.2) is 0 Å². The van der Waals surface area contributed by atoms with E-state index in [2.05, 4.69) is 44.2 Å². The molecule has 0 aromatic heterocycles. The Balaban J connectivity index is 2.10. The van der Waals surface area contributed by atoms with Crippen LogP contribution in [0.15, 0.2) is 30.3 Å². The molecule has 1 atom stereocenters. The highest BCUT2D eigenvalue weighted by molar-refractivity contribution is 5.14. The Bertz CT molecular complexity index is 268. The van der Waals surface area contributed by atoms with E-state index >= 15 is 0 Å². The van der Waals surface area contributed by atoms with Gasteiger partial charge in [-0.25, -0.2) is 0 Å². The summed E-state index contributed by atoms with van der Waals surface area (Å²) in [5.41, 5.74) is 1.37. The summed E-state index contributed by atoms with van der Waals surface area (Å²) in [6.07, 6.45) is 6.22. The third kappa shape index (κ3) is 6.48. The molecular formula is C16H26O. The minimum atomic E-state index is 0.755. The lowest BCUT2D eigenvalue weighted by Gasteiger charge is -2.14. The van der Waals surface area contributed by atoms with Gasteiger partial charge < -0.3 is 4.74 Å². The molecule has 0 heterocycles. The van der Waals surface area contributed by atoms with Gasteiger partial charge in [-0.05, 0) is 24.3 Å². The Morgan fingerprint density at radius 1 is 1.12 bits per heavy atom. The van der Waals surface area contributed by atoms with E-state index in [0.717, 1.165) is 25.6 Å². The van der Waals surface area contributed by atoms with Crippen LogP contribution in [0.5, 0.6) is 0 Å². The van der Waals surface area contributed by atoms with E-state index in [-0.39, 0.29) is 0 Å². The molecule has 0 aliphatic rings. The summed E-state index contributed by atoms with van der Waals surface area (Å²) in [6.45, 7) is 6.31. The fraction of sp³-hybridized carbons (Fsp3) is 0.625. The Kier molecular flexibility index (Phi) is 7.74. The van der Waals surface area contributed by atoms with Gasteiger partial charge in [-0.2, -0.15) is 0 Å². The van der Waals surface area contributed by atoms with Crippen molar-refractivity contribution < 1.29 is 4.74 Å². The SMILES string of the molecule is CCCCC(CC)COCCc1ccccc1. The molecule has 0 saturated heterocycles. The zero-order valence-electron chi connectivity index (χ0n) is 11.3. The average Bonchev–Trinajstić information content (AvgIpc) is 2.39. The van der Waals surface area contributed by atoms with Gasteiger partial charge in [0.25, 0.3) is 0 Å². The quantitative estimate of drug-likeness (QED) is 0.573. The maximum absolute atomic E-state index is 5.79. The molecule has 0 radical (unpaired) electrons. The summed E-state index contributed by atoms with van der Waals surface area (Å²) < 4.78 is 5.79. The molecule has 1 unspecified atom stereocenters. The summed E-state index contributed by atoms with van der Waals surface area (Å²) in [6, 6.07) is 10.6. The molecule has 0 bridgehead atoms. The van der Waals surface area contributed by atoms with E-state index in [1.165, 1.54) is 31.2 Å². The first-order valence-electron chi connectivity index (χ1n) is 6.98. The lowest BCUT2D eigenvalue weighted by atomic mass is 10.0. The summed E-state index contributed by atoms with van der Waals surface area (Å²) in [7, 11) is 0. The minimum Gasteiger partial charge on any atom is -0.381 e. The molecule has 0 fully saturated rings. The third-order valence-corrected chi connectivity index (χ3v) is 3.27. The molecule has 0 aliphatic heterocycles. The van der Waals surface area contributed by atoms with E-state index in [1.807, 2.05) is 0 Å². The normalized spacial score (nSPS) is 12.6. The lowest BCUT2D eigenvalue weighted by Crippen LogP contribution is -2.10. The molecule has 0 spiro atoms. The highest BCUT2D eigenvalue weighted by Gasteiger charge is 2.05. The Morgan fingerprint density at radius 2 is 1.88 bits per heavy atom. The molecule has 0 saturated carbocycles. The molecule has 1 aromatic rings. The number of benzene rings is 1. The van der Waals surface area contributed by atoms with Gasteiger partial charge in [0.2, 0.25) is 0 Å². The first-order chi connectivity index (χ1) is 8.36. The van der Waals surface area contributed by atoms with E-state index in [4.69, 9.17) is 4.74 Å². The minimum absolute atomic E-state index is 0.755.